The summed E-state index contributed by atoms with van der Waals surface area (Å²) in [6, 6.07) is 9.82. The van der Waals surface area contributed by atoms with E-state index < -0.39 is 0 Å². The molecule has 0 spiro atoms. The van der Waals surface area contributed by atoms with Gasteiger partial charge in [0.1, 0.15) is 0 Å². The van der Waals surface area contributed by atoms with Gasteiger partial charge in [-0.1, -0.05) is 24.3 Å². The number of allylic oxidation sites excluding steroid dienone is 1. The van der Waals surface area contributed by atoms with Crippen molar-refractivity contribution in [3.63, 3.8) is 0 Å². The Morgan fingerprint density at radius 2 is 2.12 bits per heavy atom. The molecule has 1 fully saturated rings. The second kappa shape index (κ2) is 5.31. The van der Waals surface area contributed by atoms with Gasteiger partial charge in [0.25, 0.3) is 5.91 Å². The molecule has 0 unspecified atom stereocenters. The van der Waals surface area contributed by atoms with Crippen molar-refractivity contribution in [1.29, 1.82) is 5.26 Å². The van der Waals surface area contributed by atoms with E-state index in [1.807, 2.05) is 36.4 Å². The second-order valence-electron chi connectivity index (χ2n) is 4.13. The molecule has 1 N–H and O–H groups in total. The topological polar surface area (TPSA) is 52.9 Å². The minimum absolute atomic E-state index is 0.0000504. The van der Waals surface area contributed by atoms with Crippen LogP contribution in [-0.2, 0) is 0 Å². The molecule has 1 amide bonds. The summed E-state index contributed by atoms with van der Waals surface area (Å²) in [6.45, 7) is 0. The molecule has 0 atom stereocenters. The monoisotopic (exact) mass is 226 g/mol. The molecule has 0 heterocycles. The highest BCUT2D eigenvalue weighted by molar-refractivity contribution is 5.94. The van der Waals surface area contributed by atoms with Crippen LogP contribution in [0.25, 0.3) is 6.08 Å². The van der Waals surface area contributed by atoms with E-state index in [0.717, 1.165) is 18.4 Å². The number of benzene rings is 1. The van der Waals surface area contributed by atoms with Crippen LogP contribution in [0.2, 0.25) is 0 Å². The van der Waals surface area contributed by atoms with Gasteiger partial charge in [0.2, 0.25) is 0 Å². The van der Waals surface area contributed by atoms with E-state index in [4.69, 9.17) is 5.26 Å². The van der Waals surface area contributed by atoms with Crippen LogP contribution in [0.15, 0.2) is 30.3 Å². The van der Waals surface area contributed by atoms with Gasteiger partial charge in [-0.05, 0) is 30.5 Å². The first-order valence-corrected chi connectivity index (χ1v) is 5.74. The Morgan fingerprint density at radius 1 is 1.41 bits per heavy atom. The quantitative estimate of drug-likeness (QED) is 0.857. The van der Waals surface area contributed by atoms with Gasteiger partial charge in [-0.3, -0.25) is 4.79 Å². The molecule has 86 valence electrons. The summed E-state index contributed by atoms with van der Waals surface area (Å²) in [5, 5.41) is 11.3. The molecule has 1 aromatic rings. The first-order valence-electron chi connectivity index (χ1n) is 5.74. The predicted octanol–water partition coefficient (Wildman–Crippen LogP) is 2.51. The summed E-state index contributed by atoms with van der Waals surface area (Å²) >= 11 is 0. The van der Waals surface area contributed by atoms with Crippen LogP contribution in [0, 0.1) is 11.3 Å². The molecule has 0 aliphatic heterocycles. The molecule has 1 saturated carbocycles. The van der Waals surface area contributed by atoms with Gasteiger partial charge in [-0.15, -0.1) is 0 Å². The zero-order valence-corrected chi connectivity index (χ0v) is 9.52. The second-order valence-corrected chi connectivity index (χ2v) is 4.13. The third-order valence-corrected chi connectivity index (χ3v) is 2.60. The lowest BCUT2D eigenvalue weighted by atomic mass is 10.1. The van der Waals surface area contributed by atoms with E-state index in [1.165, 1.54) is 0 Å². The van der Waals surface area contributed by atoms with Gasteiger partial charge in [0.05, 0.1) is 12.5 Å². The Kier molecular flexibility index (Phi) is 3.56. The summed E-state index contributed by atoms with van der Waals surface area (Å²) in [5.41, 5.74) is 1.69. The van der Waals surface area contributed by atoms with Crippen molar-refractivity contribution in [3.05, 3.63) is 41.5 Å². The number of amides is 1. The molecule has 1 aromatic carbocycles. The van der Waals surface area contributed by atoms with Crippen LogP contribution in [0.3, 0.4) is 0 Å². The Hall–Kier alpha value is -2.08. The standard InChI is InChI=1S/C14H14N2O/c15-10-2-1-3-11-4-6-12(7-5-11)14(17)16-13-8-9-13/h1,3-7,13H,2,8-9H2,(H,16,17). The lowest BCUT2D eigenvalue weighted by molar-refractivity contribution is 0.0951. The van der Waals surface area contributed by atoms with Crippen LogP contribution in [-0.4, -0.2) is 11.9 Å². The Labute approximate surface area is 101 Å². The van der Waals surface area contributed by atoms with Crippen LogP contribution in [0.4, 0.5) is 0 Å². The Morgan fingerprint density at radius 3 is 2.71 bits per heavy atom. The summed E-state index contributed by atoms with van der Waals surface area (Å²) in [5.74, 6) is 0.0000504. The van der Waals surface area contributed by atoms with Crippen LogP contribution >= 0.6 is 0 Å². The third kappa shape index (κ3) is 3.46. The van der Waals surface area contributed by atoms with E-state index in [0.29, 0.717) is 18.0 Å². The third-order valence-electron chi connectivity index (χ3n) is 2.60. The zero-order chi connectivity index (χ0) is 12.1. The summed E-state index contributed by atoms with van der Waals surface area (Å²) in [6.07, 6.45) is 6.29. The SMILES string of the molecule is N#CCC=Cc1ccc(C(=O)NC2CC2)cc1. The molecule has 17 heavy (non-hydrogen) atoms. The fourth-order valence-electron chi connectivity index (χ4n) is 1.49. The van der Waals surface area contributed by atoms with Gasteiger partial charge in [0, 0.05) is 11.6 Å². The van der Waals surface area contributed by atoms with Crippen LogP contribution < -0.4 is 5.32 Å². The maximum atomic E-state index is 11.7. The first kappa shape index (κ1) is 11.4. The minimum atomic E-state index is 0.0000504. The number of nitrogens with one attached hydrogen (secondary N) is 1. The normalized spacial score (nSPS) is 14.5. The van der Waals surface area contributed by atoms with Crippen molar-refractivity contribution < 1.29 is 4.79 Å². The lowest BCUT2D eigenvalue weighted by Crippen LogP contribution is -2.25. The van der Waals surface area contributed by atoms with Gasteiger partial charge in [-0.25, -0.2) is 0 Å². The number of carbonyl (C=O) groups is 1. The minimum Gasteiger partial charge on any atom is -0.349 e. The molecule has 1 aliphatic rings. The first-order chi connectivity index (χ1) is 8.29. The molecular formula is C14H14N2O. The molecule has 0 bridgehead atoms. The smallest absolute Gasteiger partial charge is 0.251 e. The number of nitriles is 1. The summed E-state index contributed by atoms with van der Waals surface area (Å²) in [7, 11) is 0. The average Bonchev–Trinajstić information content (AvgIpc) is 3.14. The lowest BCUT2D eigenvalue weighted by Gasteiger charge is -2.03. The highest BCUT2D eigenvalue weighted by Crippen LogP contribution is 2.19. The largest absolute Gasteiger partial charge is 0.349 e. The van der Waals surface area contributed by atoms with Crippen molar-refractivity contribution in [3.8, 4) is 6.07 Å². The number of hydrogen-bond acceptors (Lipinski definition) is 2. The number of rotatable bonds is 4. The molecule has 1 aliphatic carbocycles. The molecule has 2 rings (SSSR count). The van der Waals surface area contributed by atoms with Gasteiger partial charge < -0.3 is 5.32 Å². The average molecular weight is 226 g/mol. The molecule has 3 heteroatoms. The van der Waals surface area contributed by atoms with E-state index >= 15 is 0 Å². The fourth-order valence-corrected chi connectivity index (χ4v) is 1.49. The van der Waals surface area contributed by atoms with E-state index in [1.54, 1.807) is 6.08 Å². The maximum absolute atomic E-state index is 11.7. The Bertz CT molecular complexity index is 464. The number of hydrogen-bond donors (Lipinski definition) is 1. The van der Waals surface area contributed by atoms with Crippen molar-refractivity contribution >= 4 is 12.0 Å². The fraction of sp³-hybridized carbons (Fsp3) is 0.286. The zero-order valence-electron chi connectivity index (χ0n) is 9.52. The molecule has 0 saturated heterocycles. The number of carbonyl (C=O) groups excluding carboxylic acids is 1. The van der Waals surface area contributed by atoms with E-state index in [2.05, 4.69) is 5.32 Å². The van der Waals surface area contributed by atoms with E-state index in [-0.39, 0.29) is 5.91 Å². The van der Waals surface area contributed by atoms with Gasteiger partial charge in [-0.2, -0.15) is 5.26 Å². The van der Waals surface area contributed by atoms with E-state index in [9.17, 15) is 4.79 Å². The number of nitrogens with zero attached hydrogens (tertiary/aromatic N) is 1. The summed E-state index contributed by atoms with van der Waals surface area (Å²) < 4.78 is 0. The van der Waals surface area contributed by atoms with Crippen molar-refractivity contribution in [2.75, 3.05) is 0 Å². The van der Waals surface area contributed by atoms with Gasteiger partial charge >= 0.3 is 0 Å². The molecule has 3 nitrogen and oxygen atoms in total. The molecular weight excluding hydrogens is 212 g/mol. The highest BCUT2D eigenvalue weighted by Gasteiger charge is 2.23. The molecule has 0 radical (unpaired) electrons. The maximum Gasteiger partial charge on any atom is 0.251 e. The van der Waals surface area contributed by atoms with Crippen LogP contribution in [0.5, 0.6) is 0 Å². The van der Waals surface area contributed by atoms with Crippen LogP contribution in [0.1, 0.15) is 35.2 Å². The Balaban J connectivity index is 1.97. The predicted molar refractivity (Wildman–Crippen MR) is 66.2 cm³/mol. The van der Waals surface area contributed by atoms with Crippen molar-refractivity contribution in [2.24, 2.45) is 0 Å². The van der Waals surface area contributed by atoms with Gasteiger partial charge in [0.15, 0.2) is 0 Å². The van der Waals surface area contributed by atoms with Crippen molar-refractivity contribution in [1.82, 2.24) is 5.32 Å². The van der Waals surface area contributed by atoms with Crippen molar-refractivity contribution in [2.45, 2.75) is 25.3 Å². The molecule has 0 aromatic heterocycles. The highest BCUT2D eigenvalue weighted by atomic mass is 16.1. The summed E-state index contributed by atoms with van der Waals surface area (Å²) in [4.78, 5) is 11.7.